The van der Waals surface area contributed by atoms with Crippen molar-refractivity contribution in [2.75, 3.05) is 0 Å². The molecule has 5 heteroatoms. The average molecular weight is 245 g/mol. The normalized spacial score (nSPS) is 10.7. The summed E-state index contributed by atoms with van der Waals surface area (Å²) in [6.45, 7) is 2.27. The number of ketones is 1. The molecule has 2 aromatic rings. The lowest BCUT2D eigenvalue weighted by Crippen LogP contribution is -2.24. The highest BCUT2D eigenvalue weighted by Crippen LogP contribution is 2.04. The number of hydrogen-bond donors (Lipinski definition) is 0. The summed E-state index contributed by atoms with van der Waals surface area (Å²) in [4.78, 5) is 23.2. The summed E-state index contributed by atoms with van der Waals surface area (Å²) >= 11 is 0. The summed E-state index contributed by atoms with van der Waals surface area (Å²) < 4.78 is 1.32. The Bertz CT molecular complexity index is 619. The molecule has 18 heavy (non-hydrogen) atoms. The van der Waals surface area contributed by atoms with Crippen molar-refractivity contribution in [3.05, 3.63) is 34.6 Å². The smallest absolute Gasteiger partial charge is 0.277 e. The summed E-state index contributed by atoms with van der Waals surface area (Å²) in [5.41, 5.74) is 0.452. The molecule has 0 N–H and O–H groups in total. The van der Waals surface area contributed by atoms with E-state index in [1.54, 1.807) is 18.2 Å². The van der Waals surface area contributed by atoms with Gasteiger partial charge in [0.15, 0.2) is 0 Å². The van der Waals surface area contributed by atoms with Crippen LogP contribution in [0.1, 0.15) is 26.2 Å². The monoisotopic (exact) mass is 245 g/mol. The third-order valence-electron chi connectivity index (χ3n) is 2.85. The Hall–Kier alpha value is -2.04. The summed E-state index contributed by atoms with van der Waals surface area (Å²) in [5, 5.41) is 8.42. The topological polar surface area (TPSA) is 64.8 Å². The van der Waals surface area contributed by atoms with Gasteiger partial charge in [0.05, 0.1) is 5.39 Å². The molecule has 0 unspecified atom stereocenters. The molecule has 94 valence electrons. The average Bonchev–Trinajstić information content (AvgIpc) is 2.41. The van der Waals surface area contributed by atoms with Crippen molar-refractivity contribution in [3.8, 4) is 0 Å². The van der Waals surface area contributed by atoms with Gasteiger partial charge in [-0.2, -0.15) is 0 Å². The van der Waals surface area contributed by atoms with Crippen LogP contribution in [0, 0.1) is 0 Å². The first kappa shape index (κ1) is 12.4. The number of fused-ring (bicyclic) bond motifs is 1. The third-order valence-corrected chi connectivity index (χ3v) is 2.85. The van der Waals surface area contributed by atoms with Crippen molar-refractivity contribution in [1.82, 2.24) is 15.0 Å². The number of aromatic nitrogens is 3. The highest BCUT2D eigenvalue weighted by atomic mass is 16.1. The molecule has 0 fully saturated rings. The van der Waals surface area contributed by atoms with E-state index in [1.165, 1.54) is 4.68 Å². The van der Waals surface area contributed by atoms with Crippen LogP contribution < -0.4 is 5.56 Å². The Kier molecular flexibility index (Phi) is 3.82. The van der Waals surface area contributed by atoms with Crippen LogP contribution in [0.4, 0.5) is 0 Å². The molecule has 0 bridgehead atoms. The number of carbonyl (C=O) groups is 1. The fourth-order valence-electron chi connectivity index (χ4n) is 1.77. The molecule has 5 nitrogen and oxygen atoms in total. The van der Waals surface area contributed by atoms with Gasteiger partial charge in [-0.25, -0.2) is 4.68 Å². The van der Waals surface area contributed by atoms with Gasteiger partial charge in [0, 0.05) is 19.4 Å². The Morgan fingerprint density at radius 1 is 1.33 bits per heavy atom. The van der Waals surface area contributed by atoms with Crippen molar-refractivity contribution in [1.29, 1.82) is 0 Å². The fourth-order valence-corrected chi connectivity index (χ4v) is 1.77. The fraction of sp³-hybridized carbons (Fsp3) is 0.385. The molecule has 0 aliphatic rings. The second-order valence-corrected chi connectivity index (χ2v) is 4.13. The Balaban J connectivity index is 2.17. The lowest BCUT2D eigenvalue weighted by molar-refractivity contribution is -0.118. The number of Topliss-reactive ketones (excluding diaryl/α,β-unsaturated/α-hetero) is 1. The highest BCUT2D eigenvalue weighted by molar-refractivity contribution is 5.78. The number of aryl methyl sites for hydroxylation is 1. The van der Waals surface area contributed by atoms with E-state index in [9.17, 15) is 9.59 Å². The molecule has 0 atom stereocenters. The minimum atomic E-state index is -0.149. The van der Waals surface area contributed by atoms with Crippen molar-refractivity contribution in [2.45, 2.75) is 32.7 Å². The lowest BCUT2D eigenvalue weighted by atomic mass is 10.2. The highest BCUT2D eigenvalue weighted by Gasteiger charge is 2.05. The number of hydrogen-bond acceptors (Lipinski definition) is 4. The van der Waals surface area contributed by atoms with E-state index < -0.39 is 0 Å². The first-order chi connectivity index (χ1) is 8.72. The van der Waals surface area contributed by atoms with Gasteiger partial charge in [0.25, 0.3) is 5.56 Å². The Labute approximate surface area is 104 Å². The van der Waals surface area contributed by atoms with Gasteiger partial charge in [-0.1, -0.05) is 24.3 Å². The van der Waals surface area contributed by atoms with Crippen LogP contribution in [0.15, 0.2) is 29.1 Å². The summed E-state index contributed by atoms with van der Waals surface area (Å²) in [7, 11) is 0. The predicted octanol–water partition coefficient (Wildman–Crippen LogP) is 1.55. The van der Waals surface area contributed by atoms with Crippen LogP contribution >= 0.6 is 0 Å². The molecular weight excluding hydrogens is 230 g/mol. The third kappa shape index (κ3) is 2.61. The Morgan fingerprint density at radius 3 is 2.89 bits per heavy atom. The molecule has 2 rings (SSSR count). The number of carbonyl (C=O) groups excluding carboxylic acids is 1. The minimum absolute atomic E-state index is 0.149. The second kappa shape index (κ2) is 5.53. The molecule has 0 spiro atoms. The van der Waals surface area contributed by atoms with Gasteiger partial charge in [-0.05, 0) is 18.6 Å². The van der Waals surface area contributed by atoms with Crippen molar-refractivity contribution >= 4 is 16.7 Å². The summed E-state index contributed by atoms with van der Waals surface area (Å²) in [5.74, 6) is 0.205. The van der Waals surface area contributed by atoms with Crippen LogP contribution in [0.25, 0.3) is 10.9 Å². The first-order valence-electron chi connectivity index (χ1n) is 6.06. The first-order valence-corrected chi connectivity index (χ1v) is 6.06. The Morgan fingerprint density at radius 2 is 2.11 bits per heavy atom. The van der Waals surface area contributed by atoms with E-state index in [4.69, 9.17) is 0 Å². The van der Waals surface area contributed by atoms with Crippen molar-refractivity contribution in [3.63, 3.8) is 0 Å². The van der Waals surface area contributed by atoms with Crippen molar-refractivity contribution in [2.24, 2.45) is 0 Å². The van der Waals surface area contributed by atoms with Gasteiger partial charge in [-0.3, -0.25) is 9.59 Å². The molecule has 1 aromatic heterocycles. The van der Waals surface area contributed by atoms with Gasteiger partial charge in [-0.15, -0.1) is 5.10 Å². The predicted molar refractivity (Wildman–Crippen MR) is 68.3 cm³/mol. The van der Waals surface area contributed by atoms with E-state index in [0.29, 0.717) is 36.7 Å². The minimum Gasteiger partial charge on any atom is -0.300 e. The largest absolute Gasteiger partial charge is 0.300 e. The van der Waals surface area contributed by atoms with Crippen LogP contribution in [-0.4, -0.2) is 20.8 Å². The SMILES string of the molecule is CCC(=O)CCCn1nnc2ccccc2c1=O. The van der Waals surface area contributed by atoms with E-state index in [0.717, 1.165) is 0 Å². The quantitative estimate of drug-likeness (QED) is 0.801. The van der Waals surface area contributed by atoms with E-state index in [1.807, 2.05) is 13.0 Å². The standard InChI is InChI=1S/C13H15N3O2/c1-2-10(17)6-5-9-16-13(18)11-7-3-4-8-12(11)14-15-16/h3-4,7-8H,2,5-6,9H2,1H3. The molecule has 0 amide bonds. The zero-order chi connectivity index (χ0) is 13.0. The molecule has 0 radical (unpaired) electrons. The van der Waals surface area contributed by atoms with Crippen LogP contribution in [0.2, 0.25) is 0 Å². The summed E-state index contributed by atoms with van der Waals surface area (Å²) in [6, 6.07) is 7.12. The van der Waals surface area contributed by atoms with Crippen molar-refractivity contribution < 1.29 is 4.79 Å². The maximum atomic E-state index is 12.0. The second-order valence-electron chi connectivity index (χ2n) is 4.13. The maximum absolute atomic E-state index is 12.0. The number of nitrogens with zero attached hydrogens (tertiary/aromatic N) is 3. The maximum Gasteiger partial charge on any atom is 0.277 e. The summed E-state index contributed by atoms with van der Waals surface area (Å²) in [6.07, 6.45) is 1.65. The molecule has 0 aliphatic carbocycles. The number of benzene rings is 1. The lowest BCUT2D eigenvalue weighted by Gasteiger charge is -2.03. The van der Waals surface area contributed by atoms with Gasteiger partial charge >= 0.3 is 0 Å². The molecule has 0 saturated carbocycles. The molecule has 1 aromatic carbocycles. The van der Waals surface area contributed by atoms with Crippen LogP contribution in [0.3, 0.4) is 0 Å². The van der Waals surface area contributed by atoms with Crippen LogP contribution in [0.5, 0.6) is 0 Å². The molecule has 0 aliphatic heterocycles. The van der Waals surface area contributed by atoms with E-state index in [-0.39, 0.29) is 11.3 Å². The van der Waals surface area contributed by atoms with E-state index in [2.05, 4.69) is 10.3 Å². The van der Waals surface area contributed by atoms with Gasteiger partial charge in [0.2, 0.25) is 0 Å². The van der Waals surface area contributed by atoms with Crippen LogP contribution in [-0.2, 0) is 11.3 Å². The van der Waals surface area contributed by atoms with Gasteiger partial charge in [0.1, 0.15) is 11.3 Å². The molecule has 1 heterocycles. The zero-order valence-corrected chi connectivity index (χ0v) is 10.3. The number of rotatable bonds is 5. The van der Waals surface area contributed by atoms with E-state index >= 15 is 0 Å². The molecule has 0 saturated heterocycles. The molecular formula is C13H15N3O2. The van der Waals surface area contributed by atoms with Gasteiger partial charge < -0.3 is 0 Å². The zero-order valence-electron chi connectivity index (χ0n) is 10.3.